The Morgan fingerprint density at radius 2 is 1.57 bits per heavy atom. The third-order valence-electron chi connectivity index (χ3n) is 3.30. The average molecular weight is 442 g/mol. The minimum atomic E-state index is -3.92. The summed E-state index contributed by atoms with van der Waals surface area (Å²) < 4.78 is 32.3. The second kappa shape index (κ2) is 7.74. The third kappa shape index (κ3) is 3.81. The van der Waals surface area contributed by atoms with Gasteiger partial charge in [-0.15, -0.1) is 0 Å². The molecule has 0 aliphatic heterocycles. The van der Waals surface area contributed by atoms with Gasteiger partial charge in [-0.2, -0.15) is 0 Å². The summed E-state index contributed by atoms with van der Waals surface area (Å²) in [7, 11) is -2.73. The second-order valence-corrected chi connectivity index (χ2v) is 7.35. The molecule has 0 bridgehead atoms. The van der Waals surface area contributed by atoms with Crippen molar-refractivity contribution in [2.24, 2.45) is 0 Å². The van der Waals surface area contributed by atoms with Crippen molar-refractivity contribution in [2.75, 3.05) is 7.11 Å². The van der Waals surface area contributed by atoms with Gasteiger partial charge in [0.15, 0.2) is 15.1 Å². The molecule has 0 N–H and O–H groups in total. The first kappa shape index (κ1) is 17.7. The van der Waals surface area contributed by atoms with Crippen LogP contribution >= 0.6 is 22.6 Å². The molecule has 0 saturated carbocycles. The highest BCUT2D eigenvalue weighted by Gasteiger charge is 2.38. The minimum absolute atomic E-state index is 0.0853. The van der Waals surface area contributed by atoms with Gasteiger partial charge < -0.3 is 4.74 Å². The number of carbonyl (C=O) groups is 1. The molecule has 0 saturated heterocycles. The zero-order chi connectivity index (χ0) is 16.9. The number of methoxy groups -OCH3 is 1. The van der Waals surface area contributed by atoms with E-state index in [4.69, 9.17) is 4.74 Å². The summed E-state index contributed by atoms with van der Waals surface area (Å²) >= 11 is 1.94. The molecule has 2 aromatic rings. The molecule has 0 aliphatic carbocycles. The number of benzene rings is 2. The largest absolute Gasteiger partial charge is 0.468 e. The SMILES string of the molecule is COC(=O)C(/C(=C/I)c1ccccc1)S(=O)(=O)c1ccccc1. The quantitative estimate of drug-likeness (QED) is 0.526. The third-order valence-corrected chi connectivity index (χ3v) is 5.97. The Morgan fingerprint density at radius 3 is 2.04 bits per heavy atom. The van der Waals surface area contributed by atoms with Crippen LogP contribution in [-0.2, 0) is 19.4 Å². The van der Waals surface area contributed by atoms with Crippen molar-refractivity contribution in [3.05, 3.63) is 70.3 Å². The summed E-state index contributed by atoms with van der Waals surface area (Å²) in [5, 5.41) is -1.41. The Hall–Kier alpha value is -1.67. The van der Waals surface area contributed by atoms with E-state index in [0.717, 1.165) is 0 Å². The van der Waals surface area contributed by atoms with E-state index in [2.05, 4.69) is 0 Å². The fourth-order valence-corrected chi connectivity index (χ4v) is 4.84. The van der Waals surface area contributed by atoms with Gasteiger partial charge >= 0.3 is 5.97 Å². The number of hydrogen-bond donors (Lipinski definition) is 0. The molecule has 1 atom stereocenters. The highest BCUT2D eigenvalue weighted by Crippen LogP contribution is 2.30. The van der Waals surface area contributed by atoms with Crippen LogP contribution in [0.4, 0.5) is 0 Å². The second-order valence-electron chi connectivity index (χ2n) is 4.69. The fraction of sp³-hybridized carbons (Fsp3) is 0.118. The smallest absolute Gasteiger partial charge is 0.329 e. The van der Waals surface area contributed by atoms with Crippen LogP contribution in [-0.4, -0.2) is 26.7 Å². The van der Waals surface area contributed by atoms with Gasteiger partial charge in [0.05, 0.1) is 12.0 Å². The van der Waals surface area contributed by atoms with Crippen LogP contribution in [0.2, 0.25) is 0 Å². The molecule has 0 aliphatic rings. The first-order valence-corrected chi connectivity index (χ1v) is 9.54. The van der Waals surface area contributed by atoms with Crippen molar-refractivity contribution in [3.63, 3.8) is 0 Å². The zero-order valence-corrected chi connectivity index (χ0v) is 15.3. The van der Waals surface area contributed by atoms with Crippen molar-refractivity contribution in [1.82, 2.24) is 0 Å². The minimum Gasteiger partial charge on any atom is -0.468 e. The lowest BCUT2D eigenvalue weighted by Crippen LogP contribution is -2.32. The van der Waals surface area contributed by atoms with Gasteiger partial charge in [-0.1, -0.05) is 71.1 Å². The lowest BCUT2D eigenvalue weighted by molar-refractivity contribution is -0.138. The van der Waals surface area contributed by atoms with Gasteiger partial charge in [-0.05, 0) is 27.4 Å². The summed E-state index contributed by atoms with van der Waals surface area (Å²) in [6, 6.07) is 16.8. The predicted molar refractivity (Wildman–Crippen MR) is 97.9 cm³/mol. The zero-order valence-electron chi connectivity index (χ0n) is 12.3. The fourth-order valence-electron chi connectivity index (χ4n) is 2.18. The number of carbonyl (C=O) groups excluding carboxylic acids is 1. The standard InChI is InChI=1S/C17H15IO4S/c1-22-17(19)16(15(12-18)13-8-4-2-5-9-13)23(20,21)14-10-6-3-7-11-14/h2-12,16H,1H3/b15-12+. The molecule has 6 heteroatoms. The van der Waals surface area contributed by atoms with E-state index in [1.807, 2.05) is 28.7 Å². The van der Waals surface area contributed by atoms with Gasteiger partial charge in [0, 0.05) is 0 Å². The molecule has 23 heavy (non-hydrogen) atoms. The van der Waals surface area contributed by atoms with Crippen LogP contribution in [0.15, 0.2) is 69.6 Å². The molecule has 2 rings (SSSR count). The van der Waals surface area contributed by atoms with Crippen LogP contribution in [0.3, 0.4) is 0 Å². The normalized spacial score (nSPS) is 13.4. The Labute approximate surface area is 149 Å². The maximum absolute atomic E-state index is 13.0. The Kier molecular flexibility index (Phi) is 5.95. The van der Waals surface area contributed by atoms with Crippen molar-refractivity contribution in [2.45, 2.75) is 10.1 Å². The molecular formula is C17H15IO4S. The topological polar surface area (TPSA) is 60.4 Å². The average Bonchev–Trinajstić information content (AvgIpc) is 2.60. The molecule has 0 fully saturated rings. The van der Waals surface area contributed by atoms with Crippen LogP contribution in [0.1, 0.15) is 5.56 Å². The van der Waals surface area contributed by atoms with E-state index in [1.54, 1.807) is 46.5 Å². The Morgan fingerprint density at radius 1 is 1.04 bits per heavy atom. The molecule has 0 amide bonds. The van der Waals surface area contributed by atoms with Crippen molar-refractivity contribution in [3.8, 4) is 0 Å². The summed E-state index contributed by atoms with van der Waals surface area (Å²) in [5.74, 6) is -0.805. The van der Waals surface area contributed by atoms with Crippen LogP contribution in [0.25, 0.3) is 5.57 Å². The van der Waals surface area contributed by atoms with Crippen LogP contribution in [0.5, 0.6) is 0 Å². The van der Waals surface area contributed by atoms with Crippen molar-refractivity contribution < 1.29 is 17.9 Å². The van der Waals surface area contributed by atoms with E-state index in [-0.39, 0.29) is 4.90 Å². The van der Waals surface area contributed by atoms with Gasteiger partial charge in [0.1, 0.15) is 0 Å². The van der Waals surface area contributed by atoms with Gasteiger partial charge in [0.2, 0.25) is 0 Å². The molecular weight excluding hydrogens is 427 g/mol. The molecule has 1 unspecified atom stereocenters. The van der Waals surface area contributed by atoms with Gasteiger partial charge in [-0.3, -0.25) is 4.79 Å². The molecule has 120 valence electrons. The summed E-state index contributed by atoms with van der Waals surface area (Å²) in [4.78, 5) is 12.3. The first-order chi connectivity index (χ1) is 11.0. The van der Waals surface area contributed by atoms with E-state index < -0.39 is 21.1 Å². The molecule has 2 aromatic carbocycles. The van der Waals surface area contributed by atoms with Crippen LogP contribution in [0, 0.1) is 0 Å². The molecule has 0 spiro atoms. The van der Waals surface area contributed by atoms with Gasteiger partial charge in [0.25, 0.3) is 0 Å². The van der Waals surface area contributed by atoms with E-state index in [0.29, 0.717) is 11.1 Å². The van der Waals surface area contributed by atoms with Gasteiger partial charge in [-0.25, -0.2) is 8.42 Å². The lowest BCUT2D eigenvalue weighted by Gasteiger charge is -2.19. The van der Waals surface area contributed by atoms with E-state index in [1.165, 1.54) is 19.2 Å². The predicted octanol–water partition coefficient (Wildman–Crippen LogP) is 3.48. The molecule has 0 heterocycles. The monoisotopic (exact) mass is 442 g/mol. The highest BCUT2D eigenvalue weighted by molar-refractivity contribution is 14.1. The number of sulfone groups is 1. The van der Waals surface area contributed by atoms with Crippen molar-refractivity contribution >= 4 is 44.0 Å². The summed E-state index contributed by atoms with van der Waals surface area (Å²) in [6.45, 7) is 0. The maximum Gasteiger partial charge on any atom is 0.329 e. The van der Waals surface area contributed by atoms with Crippen molar-refractivity contribution in [1.29, 1.82) is 0 Å². The highest BCUT2D eigenvalue weighted by atomic mass is 127. The molecule has 4 nitrogen and oxygen atoms in total. The number of rotatable bonds is 5. The number of esters is 1. The number of ether oxygens (including phenoxy) is 1. The number of halogens is 1. The Bertz CT molecular complexity index is 799. The first-order valence-electron chi connectivity index (χ1n) is 6.75. The summed E-state index contributed by atoms with van der Waals surface area (Å²) in [5.41, 5.74) is 1.05. The van der Waals surface area contributed by atoms with E-state index >= 15 is 0 Å². The molecule has 0 radical (unpaired) electrons. The maximum atomic E-state index is 13.0. The molecule has 0 aromatic heterocycles. The Balaban J connectivity index is 2.61. The van der Waals surface area contributed by atoms with Crippen LogP contribution < -0.4 is 0 Å². The summed E-state index contributed by atoms with van der Waals surface area (Å²) in [6.07, 6.45) is 0. The van der Waals surface area contributed by atoms with E-state index in [9.17, 15) is 13.2 Å². The lowest BCUT2D eigenvalue weighted by atomic mass is 10.0. The number of hydrogen-bond acceptors (Lipinski definition) is 4.